The third-order valence-corrected chi connectivity index (χ3v) is 11.4. The molecule has 0 amide bonds. The smallest absolute Gasteiger partial charge is 0.144 e. The molecular weight excluding hydrogens is 603 g/mol. The average molecular weight is 660 g/mol. The third kappa shape index (κ3) is 7.17. The van der Waals surface area contributed by atoms with E-state index in [-0.39, 0.29) is 16.2 Å². The number of rotatable bonds is 6. The molecule has 254 valence electrons. The Morgan fingerprint density at radius 2 is 1.35 bits per heavy atom. The van der Waals surface area contributed by atoms with Gasteiger partial charge in [0.1, 0.15) is 11.6 Å². The maximum atomic E-state index is 11.9. The number of phenolic OH excluding ortho intramolecular Hbond substituents is 1. The summed E-state index contributed by atoms with van der Waals surface area (Å²) >= 11 is 0. The lowest BCUT2D eigenvalue weighted by Gasteiger charge is -2.27. The second-order valence-electron chi connectivity index (χ2n) is 18.3. The molecular formula is C43H57N3OSi. The summed E-state index contributed by atoms with van der Waals surface area (Å²) in [4.78, 5) is 10.4. The Morgan fingerprint density at radius 3 is 1.90 bits per heavy atom. The van der Waals surface area contributed by atoms with E-state index in [1.54, 1.807) is 0 Å². The summed E-state index contributed by atoms with van der Waals surface area (Å²) in [5, 5.41) is 13.3. The SMILES string of the molecule is CC(C)Cn1c(-c2cc(C(C)(C)C)cc(C(C)(C)C)c2O)nc2c(-c3cc(-c4ccc([Si](C)(C)C)cn4)cc(C(C)(C)C)c3)cccc21. The van der Waals surface area contributed by atoms with Gasteiger partial charge in [0.2, 0.25) is 0 Å². The molecule has 0 aliphatic carbocycles. The summed E-state index contributed by atoms with van der Waals surface area (Å²) in [6.07, 6.45) is 2.08. The van der Waals surface area contributed by atoms with Gasteiger partial charge < -0.3 is 9.67 Å². The normalized spacial score (nSPS) is 13.1. The summed E-state index contributed by atoms with van der Waals surface area (Å²) in [6, 6.07) is 22.2. The van der Waals surface area contributed by atoms with Crippen molar-refractivity contribution in [1.82, 2.24) is 14.5 Å². The second kappa shape index (κ2) is 12.3. The van der Waals surface area contributed by atoms with Crippen LogP contribution in [0, 0.1) is 5.92 Å². The predicted molar refractivity (Wildman–Crippen MR) is 209 cm³/mol. The van der Waals surface area contributed by atoms with E-state index in [0.29, 0.717) is 11.7 Å². The van der Waals surface area contributed by atoms with Crippen LogP contribution in [0.3, 0.4) is 0 Å². The van der Waals surface area contributed by atoms with Crippen LogP contribution in [-0.4, -0.2) is 27.7 Å². The Kier molecular flexibility index (Phi) is 9.14. The van der Waals surface area contributed by atoms with E-state index in [9.17, 15) is 5.11 Å². The van der Waals surface area contributed by atoms with Crippen LogP contribution < -0.4 is 5.19 Å². The lowest BCUT2D eigenvalue weighted by atomic mass is 9.79. The van der Waals surface area contributed by atoms with Gasteiger partial charge in [-0.1, -0.05) is 126 Å². The summed E-state index contributed by atoms with van der Waals surface area (Å²) in [5.74, 6) is 1.53. The van der Waals surface area contributed by atoms with Gasteiger partial charge in [-0.3, -0.25) is 4.98 Å². The van der Waals surface area contributed by atoms with Crippen LogP contribution in [0.15, 0.2) is 66.9 Å². The molecule has 0 spiro atoms. The van der Waals surface area contributed by atoms with Crippen LogP contribution in [0.1, 0.15) is 92.9 Å². The number of fused-ring (bicyclic) bond motifs is 1. The molecule has 1 N–H and O–H groups in total. The van der Waals surface area contributed by atoms with Gasteiger partial charge >= 0.3 is 0 Å². The number of imidazole rings is 1. The van der Waals surface area contributed by atoms with E-state index in [0.717, 1.165) is 56.9 Å². The zero-order chi connectivity index (χ0) is 35.6. The fraction of sp³-hybridized carbons (Fsp3) is 0.442. The molecule has 0 saturated carbocycles. The first-order valence-electron chi connectivity index (χ1n) is 17.6. The number of aromatic nitrogens is 3. The molecule has 5 aromatic rings. The van der Waals surface area contributed by atoms with Crippen molar-refractivity contribution in [3.05, 3.63) is 83.6 Å². The first-order valence-corrected chi connectivity index (χ1v) is 21.1. The number of benzene rings is 3. The van der Waals surface area contributed by atoms with Crippen molar-refractivity contribution < 1.29 is 5.11 Å². The lowest BCUT2D eigenvalue weighted by molar-refractivity contribution is 0.445. The zero-order valence-corrected chi connectivity index (χ0v) is 32.9. The van der Waals surface area contributed by atoms with Crippen LogP contribution in [-0.2, 0) is 22.8 Å². The largest absolute Gasteiger partial charge is 0.507 e. The van der Waals surface area contributed by atoms with Crippen molar-refractivity contribution in [1.29, 1.82) is 0 Å². The number of hydrogen-bond donors (Lipinski definition) is 1. The van der Waals surface area contributed by atoms with Gasteiger partial charge in [-0.25, -0.2) is 4.98 Å². The molecule has 0 bridgehead atoms. The van der Waals surface area contributed by atoms with Crippen molar-refractivity contribution >= 4 is 24.3 Å². The van der Waals surface area contributed by atoms with Gasteiger partial charge in [-0.05, 0) is 74.4 Å². The molecule has 0 atom stereocenters. The minimum atomic E-state index is -1.46. The summed E-state index contributed by atoms with van der Waals surface area (Å²) in [6.45, 7) is 32.4. The standard InChI is InChI=1S/C43H57N3OSi/c1-27(2)26-46-37-17-15-16-33(38(37)45-40(46)34-23-31(42(6,7)8)24-35(39(34)47)43(9,10)11)28-20-29(22-30(21-28)41(3,4)5)36-19-18-32(25-44-36)48(12,13)14/h15-25,27,47H,26H2,1-14H3. The summed E-state index contributed by atoms with van der Waals surface area (Å²) in [5.41, 5.74) is 10.2. The average Bonchev–Trinajstić information content (AvgIpc) is 3.32. The van der Waals surface area contributed by atoms with E-state index < -0.39 is 8.07 Å². The first-order chi connectivity index (χ1) is 22.1. The van der Waals surface area contributed by atoms with Crippen LogP contribution in [0.5, 0.6) is 5.75 Å². The van der Waals surface area contributed by atoms with Gasteiger partial charge in [0.05, 0.1) is 30.4 Å². The lowest BCUT2D eigenvalue weighted by Crippen LogP contribution is -2.37. The molecule has 4 nitrogen and oxygen atoms in total. The highest BCUT2D eigenvalue weighted by atomic mass is 28.3. The van der Waals surface area contributed by atoms with Gasteiger partial charge in [0.25, 0.3) is 0 Å². The minimum absolute atomic E-state index is 0.0539. The molecule has 2 heterocycles. The van der Waals surface area contributed by atoms with Crippen LogP contribution in [0.4, 0.5) is 0 Å². The molecule has 0 fully saturated rings. The molecule has 0 unspecified atom stereocenters. The van der Waals surface area contributed by atoms with Crippen molar-refractivity contribution in [2.75, 3.05) is 0 Å². The Labute approximate surface area is 290 Å². The van der Waals surface area contributed by atoms with Crippen molar-refractivity contribution in [2.24, 2.45) is 5.92 Å². The predicted octanol–water partition coefficient (Wildman–Crippen LogP) is 11.2. The third-order valence-electron chi connectivity index (χ3n) is 9.39. The summed E-state index contributed by atoms with van der Waals surface area (Å²) in [7, 11) is -1.46. The van der Waals surface area contributed by atoms with E-state index in [2.05, 4.69) is 167 Å². The molecule has 48 heavy (non-hydrogen) atoms. The van der Waals surface area contributed by atoms with Gasteiger partial charge in [0, 0.05) is 29.4 Å². The Bertz CT molecular complexity index is 1950. The van der Waals surface area contributed by atoms with Crippen molar-refractivity contribution in [2.45, 2.75) is 119 Å². The van der Waals surface area contributed by atoms with Crippen molar-refractivity contribution in [3.63, 3.8) is 0 Å². The molecule has 0 radical (unpaired) electrons. The van der Waals surface area contributed by atoms with Crippen LogP contribution in [0.25, 0.3) is 44.8 Å². The number of para-hydroxylation sites is 1. The number of phenols is 1. The van der Waals surface area contributed by atoms with E-state index in [4.69, 9.17) is 9.97 Å². The molecule has 2 aromatic heterocycles. The maximum absolute atomic E-state index is 11.9. The maximum Gasteiger partial charge on any atom is 0.144 e. The summed E-state index contributed by atoms with van der Waals surface area (Å²) < 4.78 is 2.32. The fourth-order valence-electron chi connectivity index (χ4n) is 6.32. The highest BCUT2D eigenvalue weighted by molar-refractivity contribution is 6.88. The van der Waals surface area contributed by atoms with E-state index in [1.165, 1.54) is 16.3 Å². The second-order valence-corrected chi connectivity index (χ2v) is 23.3. The minimum Gasteiger partial charge on any atom is -0.507 e. The number of aromatic hydroxyl groups is 1. The fourth-order valence-corrected chi connectivity index (χ4v) is 7.35. The zero-order valence-electron chi connectivity index (χ0n) is 31.9. The Morgan fingerprint density at radius 1 is 0.729 bits per heavy atom. The molecule has 5 heteroatoms. The van der Waals surface area contributed by atoms with Gasteiger partial charge in [-0.2, -0.15) is 0 Å². The number of nitrogens with zero attached hydrogens (tertiary/aromatic N) is 3. The number of pyridine rings is 1. The Hall–Kier alpha value is -3.70. The Balaban J connectivity index is 1.80. The number of hydrogen-bond acceptors (Lipinski definition) is 3. The topological polar surface area (TPSA) is 50.9 Å². The van der Waals surface area contributed by atoms with Gasteiger partial charge in [-0.15, -0.1) is 0 Å². The highest BCUT2D eigenvalue weighted by Crippen LogP contribution is 2.44. The molecule has 0 aliphatic rings. The van der Waals surface area contributed by atoms with Gasteiger partial charge in [0.15, 0.2) is 0 Å². The molecule has 0 saturated heterocycles. The molecule has 0 aliphatic heterocycles. The van der Waals surface area contributed by atoms with Crippen LogP contribution >= 0.6 is 0 Å². The monoisotopic (exact) mass is 659 g/mol. The van der Waals surface area contributed by atoms with Crippen LogP contribution in [0.2, 0.25) is 19.6 Å². The van der Waals surface area contributed by atoms with E-state index in [1.807, 2.05) is 0 Å². The van der Waals surface area contributed by atoms with E-state index >= 15 is 0 Å². The quantitative estimate of drug-likeness (QED) is 0.185. The molecule has 3 aromatic carbocycles. The first kappa shape index (κ1) is 35.6. The van der Waals surface area contributed by atoms with Crippen molar-refractivity contribution in [3.8, 4) is 39.5 Å². The molecule has 5 rings (SSSR count). The highest BCUT2D eigenvalue weighted by Gasteiger charge is 2.28.